The van der Waals surface area contributed by atoms with Gasteiger partial charge in [0.2, 0.25) is 0 Å². The van der Waals surface area contributed by atoms with Crippen molar-refractivity contribution in [2.45, 2.75) is 18.2 Å². The largest absolute Gasteiger partial charge is 0.392 e. The number of aliphatic hydroxyl groups is 1. The lowest BCUT2D eigenvalue weighted by Gasteiger charge is -2.15. The van der Waals surface area contributed by atoms with Crippen LogP contribution < -0.4 is 0 Å². The quantitative estimate of drug-likeness (QED) is 0.851. The summed E-state index contributed by atoms with van der Waals surface area (Å²) in [7, 11) is -2.16. The fourth-order valence-electron chi connectivity index (χ4n) is 1.52. The molecule has 0 atom stereocenters. The van der Waals surface area contributed by atoms with E-state index in [1.165, 1.54) is 28.9 Å². The highest BCUT2D eigenvalue weighted by atomic mass is 32.2. The molecule has 0 bridgehead atoms. The number of H-pyrrole nitrogens is 1. The highest BCUT2D eigenvalue weighted by molar-refractivity contribution is 7.89. The van der Waals surface area contributed by atoms with E-state index < -0.39 is 10.0 Å². The molecule has 2 N–H and O–H groups in total. The molecule has 0 unspecified atom stereocenters. The van der Waals surface area contributed by atoms with Gasteiger partial charge >= 0.3 is 0 Å². The molecule has 8 heteroatoms. The van der Waals surface area contributed by atoms with Gasteiger partial charge in [-0.1, -0.05) is 0 Å². The summed E-state index contributed by atoms with van der Waals surface area (Å²) >= 11 is 1.52. The van der Waals surface area contributed by atoms with E-state index in [2.05, 4.69) is 10.2 Å². The van der Waals surface area contributed by atoms with Crippen LogP contribution in [0.3, 0.4) is 0 Å². The Morgan fingerprint density at radius 3 is 2.94 bits per heavy atom. The molecule has 0 aliphatic rings. The van der Waals surface area contributed by atoms with Gasteiger partial charge in [-0.05, 0) is 22.4 Å². The average molecular weight is 287 g/mol. The summed E-state index contributed by atoms with van der Waals surface area (Å²) in [5.74, 6) is 0. The van der Waals surface area contributed by atoms with Crippen molar-refractivity contribution in [2.24, 2.45) is 0 Å². The number of hydrogen-bond donors (Lipinski definition) is 2. The van der Waals surface area contributed by atoms with Crippen LogP contribution in [0.15, 0.2) is 28.0 Å². The zero-order valence-corrected chi connectivity index (χ0v) is 11.3. The van der Waals surface area contributed by atoms with Crippen LogP contribution in [0, 0.1) is 0 Å². The highest BCUT2D eigenvalue weighted by Gasteiger charge is 2.25. The Balaban J connectivity index is 2.26. The molecule has 0 aliphatic carbocycles. The maximum Gasteiger partial charge on any atom is 0.260 e. The third-order valence-electron chi connectivity index (χ3n) is 2.50. The average Bonchev–Trinajstić information content (AvgIpc) is 2.98. The molecule has 0 saturated carbocycles. The van der Waals surface area contributed by atoms with E-state index in [9.17, 15) is 8.42 Å². The smallest absolute Gasteiger partial charge is 0.260 e. The van der Waals surface area contributed by atoms with E-state index in [0.29, 0.717) is 0 Å². The van der Waals surface area contributed by atoms with Crippen LogP contribution in [0.2, 0.25) is 0 Å². The molecule has 2 rings (SSSR count). The second kappa shape index (κ2) is 5.19. The van der Waals surface area contributed by atoms with Crippen LogP contribution in [0.25, 0.3) is 0 Å². The van der Waals surface area contributed by atoms with Crippen LogP contribution in [-0.4, -0.2) is 35.1 Å². The van der Waals surface area contributed by atoms with E-state index in [1.54, 1.807) is 0 Å². The van der Waals surface area contributed by atoms with Crippen LogP contribution in [-0.2, 0) is 23.2 Å². The number of thiophene rings is 1. The van der Waals surface area contributed by atoms with Gasteiger partial charge in [0.25, 0.3) is 10.0 Å². The van der Waals surface area contributed by atoms with Gasteiger partial charge in [0.05, 0.1) is 12.8 Å². The molecule has 18 heavy (non-hydrogen) atoms. The number of sulfonamides is 1. The predicted octanol–water partition coefficient (Wildman–Crippen LogP) is 0.784. The van der Waals surface area contributed by atoms with Crippen LogP contribution in [0.4, 0.5) is 0 Å². The van der Waals surface area contributed by atoms with Gasteiger partial charge in [0.1, 0.15) is 0 Å². The van der Waals surface area contributed by atoms with Crippen molar-refractivity contribution in [2.75, 3.05) is 7.05 Å². The number of aliphatic hydroxyl groups excluding tert-OH is 1. The van der Waals surface area contributed by atoms with Crippen LogP contribution in [0.5, 0.6) is 0 Å². The lowest BCUT2D eigenvalue weighted by molar-refractivity contribution is 0.278. The van der Waals surface area contributed by atoms with Crippen molar-refractivity contribution in [3.63, 3.8) is 0 Å². The fraction of sp³-hybridized carbons (Fsp3) is 0.300. The van der Waals surface area contributed by atoms with Crippen molar-refractivity contribution < 1.29 is 13.5 Å². The summed E-state index contributed by atoms with van der Waals surface area (Å²) in [5.41, 5.74) is 1.20. The van der Waals surface area contributed by atoms with Gasteiger partial charge in [-0.2, -0.15) is 20.7 Å². The first-order valence-electron chi connectivity index (χ1n) is 5.16. The maximum absolute atomic E-state index is 12.2. The molecule has 2 aromatic heterocycles. The Morgan fingerprint density at radius 1 is 1.56 bits per heavy atom. The van der Waals surface area contributed by atoms with Crippen LogP contribution >= 0.6 is 11.3 Å². The first-order chi connectivity index (χ1) is 8.55. The SMILES string of the molecule is CN(Cc1ccsc1)S(=O)(=O)c1[nH]ncc1CO. The van der Waals surface area contributed by atoms with E-state index in [4.69, 9.17) is 5.11 Å². The number of hydrogen-bond acceptors (Lipinski definition) is 5. The molecule has 0 spiro atoms. The van der Waals surface area contributed by atoms with Crippen molar-refractivity contribution in [3.8, 4) is 0 Å². The Morgan fingerprint density at radius 2 is 2.33 bits per heavy atom. The number of nitrogens with zero attached hydrogens (tertiary/aromatic N) is 2. The van der Waals surface area contributed by atoms with E-state index in [1.807, 2.05) is 16.8 Å². The van der Waals surface area contributed by atoms with Gasteiger partial charge in [-0.25, -0.2) is 8.42 Å². The minimum absolute atomic E-state index is 0.0530. The van der Waals surface area contributed by atoms with Crippen molar-refractivity contribution in [1.82, 2.24) is 14.5 Å². The molecule has 0 radical (unpaired) electrons. The first-order valence-corrected chi connectivity index (χ1v) is 7.54. The number of aromatic nitrogens is 2. The fourth-order valence-corrected chi connectivity index (χ4v) is 3.42. The summed E-state index contributed by atoms with van der Waals surface area (Å²) < 4.78 is 25.7. The molecule has 2 heterocycles. The van der Waals surface area contributed by atoms with Crippen molar-refractivity contribution >= 4 is 21.4 Å². The second-order valence-corrected chi connectivity index (χ2v) is 6.54. The first kappa shape index (κ1) is 13.2. The maximum atomic E-state index is 12.2. The summed E-state index contributed by atoms with van der Waals surface area (Å²) in [6.07, 6.45) is 1.31. The number of aromatic amines is 1. The normalized spacial score (nSPS) is 12.2. The lowest BCUT2D eigenvalue weighted by atomic mass is 10.3. The summed E-state index contributed by atoms with van der Waals surface area (Å²) in [6, 6.07) is 1.87. The topological polar surface area (TPSA) is 86.3 Å². The van der Waals surface area contributed by atoms with Crippen molar-refractivity contribution in [1.29, 1.82) is 0 Å². The Labute approximate surface area is 109 Å². The molecule has 0 amide bonds. The van der Waals surface area contributed by atoms with Gasteiger partial charge in [0.15, 0.2) is 5.03 Å². The Bertz CT molecular complexity index is 604. The predicted molar refractivity (Wildman–Crippen MR) is 67.5 cm³/mol. The molecule has 0 aromatic carbocycles. The van der Waals surface area contributed by atoms with Gasteiger partial charge in [0, 0.05) is 19.2 Å². The Kier molecular flexibility index (Phi) is 3.81. The summed E-state index contributed by atoms with van der Waals surface area (Å²) in [6.45, 7) is -0.0763. The molecule has 0 aliphatic heterocycles. The van der Waals surface area contributed by atoms with Gasteiger partial charge < -0.3 is 5.11 Å². The van der Waals surface area contributed by atoms with E-state index in [-0.39, 0.29) is 23.7 Å². The molecule has 98 valence electrons. The standard InChI is InChI=1S/C10H13N3O3S2/c1-13(5-8-2-3-17-7-8)18(15,16)10-9(6-14)4-11-12-10/h2-4,7,14H,5-6H2,1H3,(H,11,12). The molecule has 6 nitrogen and oxygen atoms in total. The van der Waals surface area contributed by atoms with Gasteiger partial charge in [-0.3, -0.25) is 5.10 Å². The molecule has 0 saturated heterocycles. The molecule has 2 aromatic rings. The molecular formula is C10H13N3O3S2. The summed E-state index contributed by atoms with van der Waals surface area (Å²) in [4.78, 5) is 0. The number of rotatable bonds is 5. The minimum atomic E-state index is -3.65. The van der Waals surface area contributed by atoms with Gasteiger partial charge in [-0.15, -0.1) is 0 Å². The third kappa shape index (κ3) is 2.46. The lowest BCUT2D eigenvalue weighted by Crippen LogP contribution is -2.27. The monoisotopic (exact) mass is 287 g/mol. The zero-order chi connectivity index (χ0) is 13.2. The van der Waals surface area contributed by atoms with Crippen molar-refractivity contribution in [3.05, 3.63) is 34.2 Å². The third-order valence-corrected chi connectivity index (χ3v) is 5.05. The van der Waals surface area contributed by atoms with E-state index in [0.717, 1.165) is 5.56 Å². The Hall–Kier alpha value is -1.22. The second-order valence-electron chi connectivity index (χ2n) is 3.78. The number of nitrogens with one attached hydrogen (secondary N) is 1. The molecule has 0 fully saturated rings. The zero-order valence-electron chi connectivity index (χ0n) is 9.70. The van der Waals surface area contributed by atoms with Crippen LogP contribution in [0.1, 0.15) is 11.1 Å². The minimum Gasteiger partial charge on any atom is -0.392 e. The molecular weight excluding hydrogens is 274 g/mol. The summed E-state index contributed by atoms with van der Waals surface area (Å²) in [5, 5.41) is 18.9. The van der Waals surface area contributed by atoms with E-state index >= 15 is 0 Å². The highest BCUT2D eigenvalue weighted by Crippen LogP contribution is 2.19.